The molecule has 130 valence electrons. The van der Waals surface area contributed by atoms with Crippen LogP contribution in [-0.4, -0.2) is 22.7 Å². The Balaban J connectivity index is 1.61. The predicted molar refractivity (Wildman–Crippen MR) is 103 cm³/mol. The first-order valence-corrected chi connectivity index (χ1v) is 9.63. The zero-order chi connectivity index (χ0) is 17.8. The molecule has 1 N–H and O–H groups in total. The molecule has 25 heavy (non-hydrogen) atoms. The minimum atomic E-state index is -0.245. The Labute approximate surface area is 154 Å². The van der Waals surface area contributed by atoms with Crippen molar-refractivity contribution in [2.75, 3.05) is 11.9 Å². The zero-order valence-corrected chi connectivity index (χ0v) is 15.9. The van der Waals surface area contributed by atoms with Crippen LogP contribution >= 0.6 is 22.7 Å². The molecule has 0 aliphatic carbocycles. The Kier molecular flexibility index (Phi) is 5.45. The number of benzene rings is 1. The number of aromatic nitrogens is 2. The van der Waals surface area contributed by atoms with Gasteiger partial charge >= 0.3 is 0 Å². The van der Waals surface area contributed by atoms with Crippen molar-refractivity contribution in [2.24, 2.45) is 0 Å². The fourth-order valence-corrected chi connectivity index (χ4v) is 3.87. The number of carbonyl (C=O) groups is 1. The van der Waals surface area contributed by atoms with Crippen LogP contribution in [-0.2, 0) is 4.79 Å². The number of hydrogen-bond donors (Lipinski definition) is 1. The predicted octanol–water partition coefficient (Wildman–Crippen LogP) is 4.72. The maximum Gasteiger partial charge on any atom is 0.264 e. The summed E-state index contributed by atoms with van der Waals surface area (Å²) in [4.78, 5) is 13.2. The average Bonchev–Trinajstić information content (AvgIpc) is 3.23. The lowest BCUT2D eigenvalue weighted by atomic mass is 10.0. The summed E-state index contributed by atoms with van der Waals surface area (Å²) in [6, 6.07) is 10.00. The van der Waals surface area contributed by atoms with Crippen molar-refractivity contribution in [1.29, 1.82) is 0 Å². The van der Waals surface area contributed by atoms with Crippen molar-refractivity contribution in [3.05, 3.63) is 46.8 Å². The summed E-state index contributed by atoms with van der Waals surface area (Å²) >= 11 is 2.94. The summed E-state index contributed by atoms with van der Waals surface area (Å²) in [6.45, 7) is 6.15. The van der Waals surface area contributed by atoms with Gasteiger partial charge in [-0.1, -0.05) is 43.4 Å². The van der Waals surface area contributed by atoms with Crippen molar-refractivity contribution >= 4 is 33.7 Å². The Morgan fingerprint density at radius 3 is 2.84 bits per heavy atom. The molecule has 2 aromatic heterocycles. The first-order valence-electron chi connectivity index (χ1n) is 7.93. The Morgan fingerprint density at radius 1 is 1.28 bits per heavy atom. The van der Waals surface area contributed by atoms with Crippen molar-refractivity contribution in [1.82, 2.24) is 10.2 Å². The van der Waals surface area contributed by atoms with Gasteiger partial charge in [0.05, 0.1) is 4.88 Å². The monoisotopic (exact) mass is 373 g/mol. The largest absolute Gasteiger partial charge is 0.483 e. The SMILES string of the molecule is Cc1ccc(C(C)C)c(OCC(=O)Nc2nnc(-c3cccs3)s2)c1. The second-order valence-corrected chi connectivity index (χ2v) is 7.85. The van der Waals surface area contributed by atoms with E-state index in [0.29, 0.717) is 11.0 Å². The third-order valence-electron chi connectivity index (χ3n) is 3.55. The quantitative estimate of drug-likeness (QED) is 0.679. The van der Waals surface area contributed by atoms with Gasteiger partial charge in [-0.2, -0.15) is 0 Å². The van der Waals surface area contributed by atoms with E-state index in [1.54, 1.807) is 11.3 Å². The molecule has 2 heterocycles. The number of nitrogens with zero attached hydrogens (tertiary/aromatic N) is 2. The third kappa shape index (κ3) is 4.43. The number of aryl methyl sites for hydroxylation is 1. The number of amides is 1. The molecule has 0 atom stereocenters. The smallest absolute Gasteiger partial charge is 0.264 e. The lowest BCUT2D eigenvalue weighted by molar-refractivity contribution is -0.118. The summed E-state index contributed by atoms with van der Waals surface area (Å²) < 4.78 is 5.74. The summed E-state index contributed by atoms with van der Waals surface area (Å²) in [5, 5.41) is 14.1. The molecule has 3 rings (SSSR count). The lowest BCUT2D eigenvalue weighted by Crippen LogP contribution is -2.20. The molecule has 1 aromatic carbocycles. The molecule has 5 nitrogen and oxygen atoms in total. The van der Waals surface area contributed by atoms with Gasteiger partial charge in [0.2, 0.25) is 5.13 Å². The molecule has 0 spiro atoms. The van der Waals surface area contributed by atoms with Crippen molar-refractivity contribution in [3.8, 4) is 15.6 Å². The van der Waals surface area contributed by atoms with Gasteiger partial charge in [-0.15, -0.1) is 21.5 Å². The van der Waals surface area contributed by atoms with Crippen LogP contribution in [0.25, 0.3) is 9.88 Å². The van der Waals surface area contributed by atoms with Gasteiger partial charge in [0.1, 0.15) is 5.75 Å². The highest BCUT2D eigenvalue weighted by molar-refractivity contribution is 7.23. The minimum Gasteiger partial charge on any atom is -0.483 e. The highest BCUT2D eigenvalue weighted by atomic mass is 32.1. The van der Waals surface area contributed by atoms with Gasteiger partial charge in [0.25, 0.3) is 5.91 Å². The number of hydrogen-bond acceptors (Lipinski definition) is 6. The highest BCUT2D eigenvalue weighted by Gasteiger charge is 2.13. The summed E-state index contributed by atoms with van der Waals surface area (Å²) in [5.74, 6) is 0.835. The van der Waals surface area contributed by atoms with Crippen molar-refractivity contribution in [2.45, 2.75) is 26.7 Å². The van der Waals surface area contributed by atoms with E-state index >= 15 is 0 Å². The van der Waals surface area contributed by atoms with Crippen LogP contribution in [0.3, 0.4) is 0 Å². The third-order valence-corrected chi connectivity index (χ3v) is 5.43. The van der Waals surface area contributed by atoms with Gasteiger partial charge < -0.3 is 4.74 Å². The zero-order valence-electron chi connectivity index (χ0n) is 14.3. The Morgan fingerprint density at radius 2 is 2.12 bits per heavy atom. The molecule has 0 aliphatic rings. The molecule has 7 heteroatoms. The van der Waals surface area contributed by atoms with E-state index in [9.17, 15) is 4.79 Å². The summed E-state index contributed by atoms with van der Waals surface area (Å²) in [5.41, 5.74) is 2.19. The van der Waals surface area contributed by atoms with E-state index in [0.717, 1.165) is 26.8 Å². The molecule has 1 amide bonds. The second-order valence-electron chi connectivity index (χ2n) is 5.92. The molecule has 0 aliphatic heterocycles. The molecule has 0 bridgehead atoms. The van der Waals surface area contributed by atoms with Crippen LogP contribution in [0.15, 0.2) is 35.7 Å². The topological polar surface area (TPSA) is 64.1 Å². The summed E-state index contributed by atoms with van der Waals surface area (Å²) in [6.07, 6.45) is 0. The maximum absolute atomic E-state index is 12.2. The van der Waals surface area contributed by atoms with E-state index in [4.69, 9.17) is 4.74 Å². The van der Waals surface area contributed by atoms with Crippen LogP contribution in [0.5, 0.6) is 5.75 Å². The normalized spacial score (nSPS) is 10.9. The van der Waals surface area contributed by atoms with E-state index in [2.05, 4.69) is 35.4 Å². The number of nitrogens with one attached hydrogen (secondary N) is 1. The van der Waals surface area contributed by atoms with Gasteiger partial charge in [-0.25, -0.2) is 0 Å². The van der Waals surface area contributed by atoms with E-state index in [1.807, 2.05) is 36.6 Å². The maximum atomic E-state index is 12.2. The fourth-order valence-electron chi connectivity index (χ4n) is 2.32. The van der Waals surface area contributed by atoms with Crippen molar-refractivity contribution in [3.63, 3.8) is 0 Å². The van der Waals surface area contributed by atoms with Gasteiger partial charge in [0.15, 0.2) is 11.6 Å². The molecular formula is C18H19N3O2S2. The van der Waals surface area contributed by atoms with E-state index in [-0.39, 0.29) is 12.5 Å². The fraction of sp³-hybridized carbons (Fsp3) is 0.278. The van der Waals surface area contributed by atoms with Crippen molar-refractivity contribution < 1.29 is 9.53 Å². The molecule has 0 fully saturated rings. The lowest BCUT2D eigenvalue weighted by Gasteiger charge is -2.14. The number of ether oxygens (including phenoxy) is 1. The average molecular weight is 374 g/mol. The minimum absolute atomic E-state index is 0.0584. The first kappa shape index (κ1) is 17.6. The van der Waals surface area contributed by atoms with Crippen LogP contribution in [0.4, 0.5) is 5.13 Å². The standard InChI is InChI=1S/C18H19N3O2S2/c1-11(2)13-7-6-12(3)9-14(13)23-10-16(22)19-18-21-20-17(25-18)15-5-4-8-24-15/h4-9,11H,10H2,1-3H3,(H,19,21,22). The van der Waals surface area contributed by atoms with Gasteiger partial charge in [-0.3, -0.25) is 10.1 Å². The number of thiophene rings is 1. The van der Waals surface area contributed by atoms with Gasteiger partial charge in [0, 0.05) is 0 Å². The molecular weight excluding hydrogens is 354 g/mol. The first-order chi connectivity index (χ1) is 12.0. The molecule has 0 saturated heterocycles. The van der Waals surface area contributed by atoms with Crippen LogP contribution < -0.4 is 10.1 Å². The Hall–Kier alpha value is -2.25. The van der Waals surface area contributed by atoms with E-state index in [1.165, 1.54) is 11.3 Å². The number of rotatable bonds is 6. The second kappa shape index (κ2) is 7.76. The van der Waals surface area contributed by atoms with Crippen LogP contribution in [0, 0.1) is 6.92 Å². The van der Waals surface area contributed by atoms with E-state index < -0.39 is 0 Å². The summed E-state index contributed by atoms with van der Waals surface area (Å²) in [7, 11) is 0. The molecule has 0 unspecified atom stereocenters. The Bertz CT molecular complexity index is 857. The van der Waals surface area contributed by atoms with Crippen LogP contribution in [0.2, 0.25) is 0 Å². The molecule has 3 aromatic rings. The molecule has 0 saturated carbocycles. The molecule has 0 radical (unpaired) electrons. The van der Waals surface area contributed by atoms with Gasteiger partial charge in [-0.05, 0) is 41.5 Å². The number of anilines is 1. The van der Waals surface area contributed by atoms with Crippen LogP contribution in [0.1, 0.15) is 30.9 Å². The number of carbonyl (C=O) groups excluding carboxylic acids is 1. The highest BCUT2D eigenvalue weighted by Crippen LogP contribution is 2.30.